The van der Waals surface area contributed by atoms with E-state index >= 15 is 0 Å². The Morgan fingerprint density at radius 2 is 2.00 bits per heavy atom. The van der Waals surface area contributed by atoms with Crippen molar-refractivity contribution >= 4 is 11.2 Å². The van der Waals surface area contributed by atoms with E-state index in [-0.39, 0.29) is 5.56 Å². The third-order valence-corrected chi connectivity index (χ3v) is 2.88. The number of aromatic amines is 2. The van der Waals surface area contributed by atoms with E-state index in [0.717, 1.165) is 35.3 Å². The first kappa shape index (κ1) is 10.7. The average molecular weight is 240 g/mol. The van der Waals surface area contributed by atoms with Crippen molar-refractivity contribution in [2.24, 2.45) is 0 Å². The molecule has 0 spiro atoms. The molecule has 0 saturated carbocycles. The summed E-state index contributed by atoms with van der Waals surface area (Å²) in [5, 5.41) is 0. The molecule has 2 N–H and O–H groups in total. The van der Waals surface area contributed by atoms with Gasteiger partial charge in [0.05, 0.1) is 0 Å². The number of nitrogens with one attached hydrogen (secondary N) is 2. The smallest absolute Gasteiger partial charge is 0.248 e. The van der Waals surface area contributed by atoms with Crippen LogP contribution < -0.4 is 5.56 Å². The summed E-state index contributed by atoms with van der Waals surface area (Å²) in [6, 6.07) is 5.20. The fourth-order valence-corrected chi connectivity index (χ4v) is 2.00. The fourth-order valence-electron chi connectivity index (χ4n) is 2.00. The number of hydrogen-bond donors (Lipinski definition) is 2. The monoisotopic (exact) mass is 240 g/mol. The van der Waals surface area contributed by atoms with Gasteiger partial charge in [-0.25, -0.2) is 4.98 Å². The number of aromatic nitrogens is 4. The van der Waals surface area contributed by atoms with Crippen molar-refractivity contribution in [1.29, 1.82) is 0 Å². The number of fused-ring (bicyclic) bond motifs is 1. The molecular weight excluding hydrogens is 228 g/mol. The van der Waals surface area contributed by atoms with Crippen molar-refractivity contribution < 1.29 is 0 Å². The molecule has 0 bridgehead atoms. The standard InChI is InChI=1S/C13H12N4O/c18-11-3-1-2-10(17-11)5-4-9-8-16-13-12(9)14-6-7-15-13/h1-3,6-8H,4-5H2,(H,15,16)(H,17,18). The third-order valence-electron chi connectivity index (χ3n) is 2.88. The van der Waals surface area contributed by atoms with Crippen LogP contribution in [0.1, 0.15) is 11.3 Å². The Morgan fingerprint density at radius 1 is 1.11 bits per heavy atom. The molecule has 0 aromatic carbocycles. The second-order valence-corrected chi connectivity index (χ2v) is 4.11. The predicted octanol–water partition coefficient (Wildman–Crippen LogP) is 1.43. The minimum absolute atomic E-state index is 0.0637. The van der Waals surface area contributed by atoms with Gasteiger partial charge in [0.2, 0.25) is 5.56 Å². The molecule has 0 amide bonds. The molecule has 0 fully saturated rings. The zero-order valence-corrected chi connectivity index (χ0v) is 9.68. The summed E-state index contributed by atoms with van der Waals surface area (Å²) in [6.45, 7) is 0. The minimum Gasteiger partial charge on any atom is -0.345 e. The van der Waals surface area contributed by atoms with Gasteiger partial charge in [0.15, 0.2) is 5.65 Å². The van der Waals surface area contributed by atoms with E-state index in [1.54, 1.807) is 18.5 Å². The molecule has 0 saturated heterocycles. The Kier molecular flexibility index (Phi) is 2.64. The summed E-state index contributed by atoms with van der Waals surface area (Å²) in [5.74, 6) is 0. The van der Waals surface area contributed by atoms with Crippen molar-refractivity contribution in [1.82, 2.24) is 19.9 Å². The summed E-state index contributed by atoms with van der Waals surface area (Å²) < 4.78 is 0. The molecule has 0 aliphatic heterocycles. The van der Waals surface area contributed by atoms with Crippen LogP contribution in [-0.4, -0.2) is 19.9 Å². The Labute approximate surface area is 103 Å². The van der Waals surface area contributed by atoms with Crippen LogP contribution in [0.5, 0.6) is 0 Å². The zero-order chi connectivity index (χ0) is 12.4. The number of rotatable bonds is 3. The van der Waals surface area contributed by atoms with Gasteiger partial charge in [0.25, 0.3) is 0 Å². The van der Waals surface area contributed by atoms with Crippen LogP contribution >= 0.6 is 0 Å². The van der Waals surface area contributed by atoms with Crippen LogP contribution in [0.25, 0.3) is 11.2 Å². The summed E-state index contributed by atoms with van der Waals surface area (Å²) in [6.07, 6.45) is 6.87. The van der Waals surface area contributed by atoms with Crippen LogP contribution in [0.2, 0.25) is 0 Å². The summed E-state index contributed by atoms with van der Waals surface area (Å²) >= 11 is 0. The number of pyridine rings is 1. The number of nitrogens with zero attached hydrogens (tertiary/aromatic N) is 2. The molecule has 3 rings (SSSR count). The zero-order valence-electron chi connectivity index (χ0n) is 9.68. The van der Waals surface area contributed by atoms with Crippen LogP contribution in [0.4, 0.5) is 0 Å². The maximum Gasteiger partial charge on any atom is 0.248 e. The lowest BCUT2D eigenvalue weighted by molar-refractivity contribution is 0.907. The minimum atomic E-state index is -0.0637. The van der Waals surface area contributed by atoms with E-state index in [0.29, 0.717) is 0 Å². The van der Waals surface area contributed by atoms with Crippen LogP contribution in [0.15, 0.2) is 41.6 Å². The SMILES string of the molecule is O=c1cccc(CCc2c[nH]c3nccnc23)[nH]1. The normalized spacial score (nSPS) is 10.9. The quantitative estimate of drug-likeness (QED) is 0.727. The molecule has 0 radical (unpaired) electrons. The average Bonchev–Trinajstić information content (AvgIpc) is 2.80. The van der Waals surface area contributed by atoms with Gasteiger partial charge >= 0.3 is 0 Å². The summed E-state index contributed by atoms with van der Waals surface area (Å²) in [5.41, 5.74) is 3.68. The summed E-state index contributed by atoms with van der Waals surface area (Å²) in [4.78, 5) is 25.6. The van der Waals surface area contributed by atoms with E-state index in [9.17, 15) is 4.79 Å². The Hall–Kier alpha value is -2.43. The molecule has 3 heterocycles. The number of hydrogen-bond acceptors (Lipinski definition) is 3. The van der Waals surface area contributed by atoms with E-state index in [1.165, 1.54) is 6.07 Å². The lowest BCUT2D eigenvalue weighted by atomic mass is 10.1. The second kappa shape index (κ2) is 4.44. The van der Waals surface area contributed by atoms with E-state index in [2.05, 4.69) is 19.9 Å². The first-order valence-electron chi connectivity index (χ1n) is 5.78. The summed E-state index contributed by atoms with van der Waals surface area (Å²) in [7, 11) is 0. The van der Waals surface area contributed by atoms with Crippen molar-refractivity contribution in [2.75, 3.05) is 0 Å². The van der Waals surface area contributed by atoms with Crippen molar-refractivity contribution in [3.05, 3.63) is 58.4 Å². The fraction of sp³-hybridized carbons (Fsp3) is 0.154. The predicted molar refractivity (Wildman–Crippen MR) is 68.4 cm³/mol. The van der Waals surface area contributed by atoms with Gasteiger partial charge in [0.1, 0.15) is 5.52 Å². The maximum atomic E-state index is 11.2. The second-order valence-electron chi connectivity index (χ2n) is 4.11. The van der Waals surface area contributed by atoms with Gasteiger partial charge in [-0.05, 0) is 24.5 Å². The highest BCUT2D eigenvalue weighted by Crippen LogP contribution is 2.14. The molecule has 0 atom stereocenters. The number of H-pyrrole nitrogens is 2. The highest BCUT2D eigenvalue weighted by Gasteiger charge is 2.05. The van der Waals surface area contributed by atoms with Crippen molar-refractivity contribution in [2.45, 2.75) is 12.8 Å². The van der Waals surface area contributed by atoms with Gasteiger partial charge in [-0.2, -0.15) is 0 Å². The largest absolute Gasteiger partial charge is 0.345 e. The molecule has 0 unspecified atom stereocenters. The molecule has 0 aliphatic rings. The molecular formula is C13H12N4O. The van der Waals surface area contributed by atoms with E-state index < -0.39 is 0 Å². The molecule has 5 nitrogen and oxygen atoms in total. The first-order valence-corrected chi connectivity index (χ1v) is 5.78. The van der Waals surface area contributed by atoms with Crippen molar-refractivity contribution in [3.63, 3.8) is 0 Å². The van der Waals surface area contributed by atoms with Crippen molar-refractivity contribution in [3.8, 4) is 0 Å². The Balaban J connectivity index is 1.83. The van der Waals surface area contributed by atoms with E-state index in [4.69, 9.17) is 0 Å². The van der Waals surface area contributed by atoms with Gasteiger partial charge < -0.3 is 9.97 Å². The van der Waals surface area contributed by atoms with Gasteiger partial charge in [-0.3, -0.25) is 9.78 Å². The van der Waals surface area contributed by atoms with Gasteiger partial charge in [-0.1, -0.05) is 6.07 Å². The third kappa shape index (κ3) is 2.02. The lowest BCUT2D eigenvalue weighted by Gasteiger charge is -1.99. The Morgan fingerprint density at radius 3 is 2.89 bits per heavy atom. The van der Waals surface area contributed by atoms with Gasteiger partial charge in [-0.15, -0.1) is 0 Å². The Bertz CT molecular complexity index is 729. The van der Waals surface area contributed by atoms with Crippen LogP contribution in [0, 0.1) is 0 Å². The molecule has 3 aromatic rings. The van der Waals surface area contributed by atoms with Crippen LogP contribution in [-0.2, 0) is 12.8 Å². The topological polar surface area (TPSA) is 74.4 Å². The first-order chi connectivity index (χ1) is 8.83. The molecule has 0 aliphatic carbocycles. The maximum absolute atomic E-state index is 11.2. The molecule has 18 heavy (non-hydrogen) atoms. The lowest BCUT2D eigenvalue weighted by Crippen LogP contribution is -2.06. The highest BCUT2D eigenvalue weighted by atomic mass is 16.1. The number of aryl methyl sites for hydroxylation is 2. The molecule has 3 aromatic heterocycles. The van der Waals surface area contributed by atoms with Crippen LogP contribution in [0.3, 0.4) is 0 Å². The highest BCUT2D eigenvalue weighted by molar-refractivity contribution is 5.74. The van der Waals surface area contributed by atoms with Gasteiger partial charge in [0, 0.05) is 30.4 Å². The molecule has 90 valence electrons. The van der Waals surface area contributed by atoms with E-state index in [1.807, 2.05) is 12.3 Å². The molecule has 5 heteroatoms.